The van der Waals surface area contributed by atoms with Gasteiger partial charge in [0.05, 0.1) is 11.5 Å². The first kappa shape index (κ1) is 9.40. The van der Waals surface area contributed by atoms with Gasteiger partial charge in [0.15, 0.2) is 5.78 Å². The molecule has 3 aliphatic rings. The molecule has 0 aliphatic carbocycles. The van der Waals surface area contributed by atoms with E-state index in [2.05, 4.69) is 5.32 Å². The summed E-state index contributed by atoms with van der Waals surface area (Å²) >= 11 is 0. The summed E-state index contributed by atoms with van der Waals surface area (Å²) < 4.78 is 5.87. The van der Waals surface area contributed by atoms with E-state index in [1.807, 2.05) is 13.8 Å². The van der Waals surface area contributed by atoms with Gasteiger partial charge in [-0.15, -0.1) is 0 Å². The first-order valence-electron chi connectivity index (χ1n) is 5.86. The molecule has 0 aromatic carbocycles. The van der Waals surface area contributed by atoms with Crippen LogP contribution in [-0.4, -0.2) is 24.0 Å². The van der Waals surface area contributed by atoms with E-state index in [1.165, 1.54) is 6.42 Å². The minimum Gasteiger partial charge on any atom is -0.494 e. The van der Waals surface area contributed by atoms with Crippen LogP contribution < -0.4 is 5.32 Å². The van der Waals surface area contributed by atoms with Gasteiger partial charge in [0.1, 0.15) is 11.9 Å². The van der Waals surface area contributed by atoms with Gasteiger partial charge in [-0.1, -0.05) is 6.92 Å². The zero-order valence-corrected chi connectivity index (χ0v) is 9.25. The Hall–Kier alpha value is -0.830. The molecule has 3 nitrogen and oxygen atoms in total. The third-order valence-electron chi connectivity index (χ3n) is 4.03. The summed E-state index contributed by atoms with van der Waals surface area (Å²) in [7, 11) is 0. The molecule has 1 N–H and O–H groups in total. The van der Waals surface area contributed by atoms with Crippen molar-refractivity contribution in [3.8, 4) is 0 Å². The topological polar surface area (TPSA) is 38.3 Å². The number of carbonyl (C=O) groups excluding carboxylic acids is 1. The van der Waals surface area contributed by atoms with Crippen LogP contribution in [0, 0.1) is 5.92 Å². The zero-order valence-electron chi connectivity index (χ0n) is 9.25. The maximum atomic E-state index is 12.2. The summed E-state index contributed by atoms with van der Waals surface area (Å²) in [5.74, 6) is 1.31. The molecule has 3 heterocycles. The SMILES string of the molecule is CC1OC2=C(C(=O)C1C)[C@@H]1CC[C@H](C2)N1. The largest absolute Gasteiger partial charge is 0.494 e. The molecule has 1 saturated heterocycles. The van der Waals surface area contributed by atoms with E-state index in [4.69, 9.17) is 4.74 Å². The molecule has 0 saturated carbocycles. The number of Topliss-reactive ketones (excluding diaryl/α,β-unsaturated/α-hetero) is 1. The van der Waals surface area contributed by atoms with E-state index in [9.17, 15) is 4.79 Å². The van der Waals surface area contributed by atoms with Gasteiger partial charge in [-0.2, -0.15) is 0 Å². The highest BCUT2D eigenvalue weighted by atomic mass is 16.5. The Morgan fingerprint density at radius 1 is 1.33 bits per heavy atom. The lowest BCUT2D eigenvalue weighted by Crippen LogP contribution is -2.45. The number of fused-ring (bicyclic) bond motifs is 3. The fourth-order valence-electron chi connectivity index (χ4n) is 2.94. The molecule has 3 rings (SSSR count). The van der Waals surface area contributed by atoms with Gasteiger partial charge in [0, 0.05) is 18.5 Å². The molecule has 4 atom stereocenters. The first-order chi connectivity index (χ1) is 7.16. The molecule has 0 amide bonds. The Morgan fingerprint density at radius 2 is 2.13 bits per heavy atom. The van der Waals surface area contributed by atoms with Crippen LogP contribution in [0.5, 0.6) is 0 Å². The van der Waals surface area contributed by atoms with Gasteiger partial charge < -0.3 is 10.1 Å². The number of hydrogen-bond donors (Lipinski definition) is 1. The Bertz CT molecular complexity index is 348. The quantitative estimate of drug-likeness (QED) is 0.652. The van der Waals surface area contributed by atoms with Crippen molar-refractivity contribution in [2.75, 3.05) is 0 Å². The van der Waals surface area contributed by atoms with Gasteiger partial charge in [-0.3, -0.25) is 4.79 Å². The summed E-state index contributed by atoms with van der Waals surface area (Å²) in [6.45, 7) is 3.97. The number of ketones is 1. The summed E-state index contributed by atoms with van der Waals surface area (Å²) in [5.41, 5.74) is 0.953. The van der Waals surface area contributed by atoms with Crippen LogP contribution in [0.15, 0.2) is 11.3 Å². The number of hydrogen-bond acceptors (Lipinski definition) is 3. The van der Waals surface area contributed by atoms with Crippen LogP contribution in [-0.2, 0) is 9.53 Å². The average molecular weight is 207 g/mol. The molecule has 3 aliphatic heterocycles. The molecule has 15 heavy (non-hydrogen) atoms. The van der Waals surface area contributed by atoms with Crippen LogP contribution in [0.25, 0.3) is 0 Å². The number of ether oxygens (including phenoxy) is 1. The molecule has 0 aromatic heterocycles. The van der Waals surface area contributed by atoms with Crippen LogP contribution in [0.4, 0.5) is 0 Å². The molecule has 0 radical (unpaired) electrons. The Kier molecular flexibility index (Phi) is 1.93. The molecule has 0 aromatic rings. The van der Waals surface area contributed by atoms with E-state index in [0.717, 1.165) is 24.2 Å². The predicted octanol–water partition coefficient (Wildman–Crippen LogP) is 1.39. The fraction of sp³-hybridized carbons (Fsp3) is 0.750. The molecule has 2 bridgehead atoms. The van der Waals surface area contributed by atoms with E-state index < -0.39 is 0 Å². The minimum absolute atomic E-state index is 0.0164. The van der Waals surface area contributed by atoms with Crippen molar-refractivity contribution in [2.45, 2.75) is 51.3 Å². The van der Waals surface area contributed by atoms with Gasteiger partial charge in [-0.25, -0.2) is 0 Å². The fourth-order valence-corrected chi connectivity index (χ4v) is 2.94. The van der Waals surface area contributed by atoms with Crippen molar-refractivity contribution >= 4 is 5.78 Å². The maximum Gasteiger partial charge on any atom is 0.170 e. The van der Waals surface area contributed by atoms with E-state index in [-0.39, 0.29) is 18.1 Å². The third kappa shape index (κ3) is 1.26. The van der Waals surface area contributed by atoms with Crippen LogP contribution >= 0.6 is 0 Å². The van der Waals surface area contributed by atoms with E-state index in [1.54, 1.807) is 0 Å². The molecule has 3 heteroatoms. The van der Waals surface area contributed by atoms with Gasteiger partial charge >= 0.3 is 0 Å². The third-order valence-corrected chi connectivity index (χ3v) is 4.03. The minimum atomic E-state index is 0.0164. The van der Waals surface area contributed by atoms with Crippen molar-refractivity contribution in [3.05, 3.63) is 11.3 Å². The summed E-state index contributed by atoms with van der Waals surface area (Å²) in [6.07, 6.45) is 3.24. The number of nitrogens with one attached hydrogen (secondary N) is 1. The average Bonchev–Trinajstić information content (AvgIpc) is 2.57. The first-order valence-corrected chi connectivity index (χ1v) is 5.86. The second-order valence-electron chi connectivity index (χ2n) is 5.01. The summed E-state index contributed by atoms with van der Waals surface area (Å²) in [4.78, 5) is 12.2. The lowest BCUT2D eigenvalue weighted by molar-refractivity contribution is -0.125. The maximum absolute atomic E-state index is 12.2. The standard InChI is InChI=1S/C12H17NO2/c1-6-7(2)15-10-5-8-3-4-9(13-8)11(10)12(6)14/h6-9,13H,3-5H2,1-2H3/t6?,7?,8-,9+/m1/s1. The van der Waals surface area contributed by atoms with Gasteiger partial charge in [0.25, 0.3) is 0 Å². The van der Waals surface area contributed by atoms with E-state index in [0.29, 0.717) is 11.8 Å². The predicted molar refractivity (Wildman–Crippen MR) is 56.3 cm³/mol. The molecule has 0 spiro atoms. The highest BCUT2D eigenvalue weighted by molar-refractivity contribution is 5.99. The lowest BCUT2D eigenvalue weighted by atomic mass is 9.86. The van der Waals surface area contributed by atoms with Crippen molar-refractivity contribution in [1.29, 1.82) is 0 Å². The van der Waals surface area contributed by atoms with Crippen molar-refractivity contribution in [3.63, 3.8) is 0 Å². The molecular formula is C12H17NO2. The van der Waals surface area contributed by atoms with Crippen molar-refractivity contribution < 1.29 is 9.53 Å². The Balaban J connectivity index is 2.01. The zero-order chi connectivity index (χ0) is 10.6. The molecule has 82 valence electrons. The number of rotatable bonds is 0. The normalized spacial score (nSPS) is 44.0. The Labute approximate surface area is 89.9 Å². The second-order valence-corrected chi connectivity index (χ2v) is 5.01. The smallest absolute Gasteiger partial charge is 0.170 e. The van der Waals surface area contributed by atoms with Crippen LogP contribution in [0.1, 0.15) is 33.1 Å². The second kappa shape index (κ2) is 3.08. The van der Waals surface area contributed by atoms with Crippen LogP contribution in [0.2, 0.25) is 0 Å². The van der Waals surface area contributed by atoms with Crippen LogP contribution in [0.3, 0.4) is 0 Å². The lowest BCUT2D eigenvalue weighted by Gasteiger charge is -2.36. The molecular weight excluding hydrogens is 190 g/mol. The summed E-state index contributed by atoms with van der Waals surface area (Å²) in [6, 6.07) is 0.823. The highest BCUT2D eigenvalue weighted by Gasteiger charge is 2.43. The van der Waals surface area contributed by atoms with Gasteiger partial charge in [0.2, 0.25) is 0 Å². The molecule has 1 fully saturated rings. The van der Waals surface area contributed by atoms with Gasteiger partial charge in [-0.05, 0) is 19.8 Å². The number of carbonyl (C=O) groups is 1. The van der Waals surface area contributed by atoms with Crippen molar-refractivity contribution in [1.82, 2.24) is 5.32 Å². The van der Waals surface area contributed by atoms with E-state index >= 15 is 0 Å². The summed E-state index contributed by atoms with van der Waals surface area (Å²) in [5, 5.41) is 3.50. The highest BCUT2D eigenvalue weighted by Crippen LogP contribution is 2.38. The monoisotopic (exact) mass is 207 g/mol. The molecule has 2 unspecified atom stereocenters. The van der Waals surface area contributed by atoms with Crippen molar-refractivity contribution in [2.24, 2.45) is 5.92 Å². The Morgan fingerprint density at radius 3 is 2.93 bits per heavy atom.